The molecule has 1 aromatic carbocycles. The molecule has 1 amide bonds. The molecule has 0 fully saturated rings. The molecule has 27 heavy (non-hydrogen) atoms. The van der Waals surface area contributed by atoms with Crippen LogP contribution in [0, 0.1) is 20.8 Å². The number of hydrogen-bond donors (Lipinski definition) is 1. The van der Waals surface area contributed by atoms with Crippen LogP contribution in [0.25, 0.3) is 0 Å². The largest absolute Gasteiger partial charge is 0.489 e. The van der Waals surface area contributed by atoms with E-state index in [-0.39, 0.29) is 5.91 Å². The fourth-order valence-electron chi connectivity index (χ4n) is 2.85. The Morgan fingerprint density at radius 3 is 2.85 bits per heavy atom. The Morgan fingerprint density at radius 1 is 1.30 bits per heavy atom. The van der Waals surface area contributed by atoms with Crippen LogP contribution in [-0.2, 0) is 19.7 Å². The Balaban J connectivity index is 1.57. The van der Waals surface area contributed by atoms with Crippen molar-refractivity contribution in [3.05, 3.63) is 68.7 Å². The number of hydrogen-bond acceptors (Lipinski definition) is 4. The fourth-order valence-corrected chi connectivity index (χ4v) is 3.67. The summed E-state index contributed by atoms with van der Waals surface area (Å²) in [7, 11) is 0. The zero-order valence-electron chi connectivity index (χ0n) is 16.2. The van der Waals surface area contributed by atoms with Crippen LogP contribution < -0.4 is 10.1 Å². The van der Waals surface area contributed by atoms with E-state index in [0.29, 0.717) is 18.0 Å². The van der Waals surface area contributed by atoms with Crippen LogP contribution in [0.4, 0.5) is 0 Å². The third-order valence-corrected chi connectivity index (χ3v) is 5.75. The number of nitrogens with zero attached hydrogens (tertiary/aromatic N) is 2. The molecule has 0 saturated heterocycles. The van der Waals surface area contributed by atoms with Crippen LogP contribution >= 0.6 is 11.3 Å². The number of nitrogens with one attached hydrogen (secondary N) is 1. The van der Waals surface area contributed by atoms with Gasteiger partial charge in [-0.25, -0.2) is 0 Å². The molecule has 0 aliphatic rings. The molecule has 0 aliphatic heterocycles. The summed E-state index contributed by atoms with van der Waals surface area (Å²) in [5.74, 6) is 0.817. The Labute approximate surface area is 164 Å². The molecular weight excluding hydrogens is 358 g/mol. The molecule has 1 N–H and O–H groups in total. The zero-order valence-corrected chi connectivity index (χ0v) is 17.0. The highest BCUT2D eigenvalue weighted by Gasteiger charge is 2.12. The van der Waals surface area contributed by atoms with Crippen LogP contribution in [0.3, 0.4) is 0 Å². The number of thiophene rings is 1. The second kappa shape index (κ2) is 8.39. The molecule has 5 nitrogen and oxygen atoms in total. The first-order chi connectivity index (χ1) is 13.0. The Hall–Kier alpha value is -2.60. The molecule has 3 aromatic rings. The van der Waals surface area contributed by atoms with Gasteiger partial charge in [0.2, 0.25) is 0 Å². The molecular formula is C21H25N3O2S. The number of carbonyl (C=O) groups is 1. The molecule has 2 heterocycles. The highest BCUT2D eigenvalue weighted by molar-refractivity contribution is 7.12. The molecule has 0 unspecified atom stereocenters. The third kappa shape index (κ3) is 4.39. The Bertz CT molecular complexity index is 943. The van der Waals surface area contributed by atoms with E-state index in [9.17, 15) is 4.79 Å². The van der Waals surface area contributed by atoms with Crippen molar-refractivity contribution < 1.29 is 9.53 Å². The summed E-state index contributed by atoms with van der Waals surface area (Å²) in [4.78, 5) is 13.1. The number of rotatable bonds is 7. The minimum absolute atomic E-state index is 0.0679. The number of aryl methyl sites for hydroxylation is 2. The van der Waals surface area contributed by atoms with Crippen molar-refractivity contribution in [1.29, 1.82) is 0 Å². The second-order valence-corrected chi connectivity index (χ2v) is 7.47. The van der Waals surface area contributed by atoms with Crippen molar-refractivity contribution in [3.63, 3.8) is 0 Å². The topological polar surface area (TPSA) is 56.2 Å². The van der Waals surface area contributed by atoms with Gasteiger partial charge in [-0.3, -0.25) is 9.48 Å². The summed E-state index contributed by atoms with van der Waals surface area (Å²) in [6.07, 6.45) is 1.82. The van der Waals surface area contributed by atoms with Gasteiger partial charge < -0.3 is 10.1 Å². The Morgan fingerprint density at radius 2 is 2.11 bits per heavy atom. The summed E-state index contributed by atoms with van der Waals surface area (Å²) in [5, 5.41) is 9.25. The number of ether oxygens (including phenoxy) is 1. The molecule has 0 radical (unpaired) electrons. The Kier molecular flexibility index (Phi) is 5.96. The molecule has 2 aromatic heterocycles. The molecule has 6 heteroatoms. The standard InChI is InChI=1S/C21H25N3O2S/c1-5-24-16(4)18(11-23-24)10-22-21(25)20-9-17(13-27-20)12-26-19-8-6-7-14(2)15(19)3/h6-9,11,13H,5,10,12H2,1-4H3,(H,22,25). The van der Waals surface area contributed by atoms with Crippen molar-refractivity contribution >= 4 is 17.2 Å². The van der Waals surface area contributed by atoms with E-state index >= 15 is 0 Å². The first-order valence-electron chi connectivity index (χ1n) is 9.05. The average molecular weight is 384 g/mol. The van der Waals surface area contributed by atoms with E-state index in [2.05, 4.69) is 37.3 Å². The number of carbonyl (C=O) groups excluding carboxylic acids is 1. The van der Waals surface area contributed by atoms with Gasteiger partial charge in [-0.1, -0.05) is 12.1 Å². The summed E-state index contributed by atoms with van der Waals surface area (Å²) < 4.78 is 7.85. The maximum atomic E-state index is 12.4. The highest BCUT2D eigenvalue weighted by atomic mass is 32.1. The molecule has 0 aliphatic carbocycles. The summed E-state index contributed by atoms with van der Waals surface area (Å²) in [6.45, 7) is 9.96. The maximum Gasteiger partial charge on any atom is 0.261 e. The van der Waals surface area contributed by atoms with Gasteiger partial charge in [-0.05, 0) is 56.3 Å². The normalized spacial score (nSPS) is 10.8. The van der Waals surface area contributed by atoms with Crippen LogP contribution in [-0.4, -0.2) is 15.7 Å². The minimum atomic E-state index is -0.0679. The van der Waals surface area contributed by atoms with E-state index in [0.717, 1.165) is 34.7 Å². The first kappa shape index (κ1) is 19.2. The molecule has 0 saturated carbocycles. The number of benzene rings is 1. The van der Waals surface area contributed by atoms with E-state index in [1.807, 2.05) is 41.4 Å². The second-order valence-electron chi connectivity index (χ2n) is 6.56. The third-order valence-electron chi connectivity index (χ3n) is 4.77. The molecule has 0 spiro atoms. The zero-order chi connectivity index (χ0) is 19.4. The van der Waals surface area contributed by atoms with E-state index < -0.39 is 0 Å². The summed E-state index contributed by atoms with van der Waals surface area (Å²) >= 11 is 1.44. The van der Waals surface area contributed by atoms with Crippen molar-refractivity contribution in [3.8, 4) is 5.75 Å². The van der Waals surface area contributed by atoms with Crippen molar-refractivity contribution in [1.82, 2.24) is 15.1 Å². The summed E-state index contributed by atoms with van der Waals surface area (Å²) in [6, 6.07) is 7.93. The van der Waals surface area contributed by atoms with E-state index in [1.165, 1.54) is 16.9 Å². The fraction of sp³-hybridized carbons (Fsp3) is 0.333. The molecule has 0 atom stereocenters. The van der Waals surface area contributed by atoms with Crippen LogP contribution in [0.2, 0.25) is 0 Å². The van der Waals surface area contributed by atoms with Gasteiger partial charge in [0.1, 0.15) is 12.4 Å². The minimum Gasteiger partial charge on any atom is -0.489 e. The lowest BCUT2D eigenvalue weighted by atomic mass is 10.1. The van der Waals surface area contributed by atoms with Crippen molar-refractivity contribution in [2.75, 3.05) is 0 Å². The van der Waals surface area contributed by atoms with Gasteiger partial charge >= 0.3 is 0 Å². The van der Waals surface area contributed by atoms with Gasteiger partial charge in [-0.15, -0.1) is 11.3 Å². The van der Waals surface area contributed by atoms with Gasteiger partial charge in [0.05, 0.1) is 11.1 Å². The average Bonchev–Trinajstić information content (AvgIpc) is 3.27. The first-order valence-corrected chi connectivity index (χ1v) is 9.93. The lowest BCUT2D eigenvalue weighted by molar-refractivity contribution is 0.0955. The highest BCUT2D eigenvalue weighted by Crippen LogP contribution is 2.23. The van der Waals surface area contributed by atoms with Gasteiger partial charge in [0, 0.05) is 29.9 Å². The predicted molar refractivity (Wildman–Crippen MR) is 108 cm³/mol. The lowest BCUT2D eigenvalue weighted by Gasteiger charge is -2.09. The molecule has 3 rings (SSSR count). The van der Waals surface area contributed by atoms with Crippen LogP contribution in [0.5, 0.6) is 5.75 Å². The van der Waals surface area contributed by atoms with E-state index in [1.54, 1.807) is 0 Å². The van der Waals surface area contributed by atoms with Crippen LogP contribution in [0.1, 0.15) is 44.5 Å². The quantitative estimate of drug-likeness (QED) is 0.658. The van der Waals surface area contributed by atoms with E-state index in [4.69, 9.17) is 4.74 Å². The van der Waals surface area contributed by atoms with Gasteiger partial charge in [0.15, 0.2) is 0 Å². The van der Waals surface area contributed by atoms with Crippen LogP contribution in [0.15, 0.2) is 35.8 Å². The maximum absolute atomic E-state index is 12.4. The van der Waals surface area contributed by atoms with Gasteiger partial charge in [-0.2, -0.15) is 5.10 Å². The SMILES string of the molecule is CCn1ncc(CNC(=O)c2cc(COc3cccc(C)c3C)cs2)c1C. The van der Waals surface area contributed by atoms with Crippen molar-refractivity contribution in [2.45, 2.75) is 47.4 Å². The smallest absolute Gasteiger partial charge is 0.261 e. The summed E-state index contributed by atoms with van der Waals surface area (Å²) in [5.41, 5.74) is 5.49. The molecule has 0 bridgehead atoms. The number of amides is 1. The predicted octanol–water partition coefficient (Wildman–Crippen LogP) is 4.40. The van der Waals surface area contributed by atoms with Crippen molar-refractivity contribution in [2.24, 2.45) is 0 Å². The van der Waals surface area contributed by atoms with Gasteiger partial charge in [0.25, 0.3) is 5.91 Å². The number of aromatic nitrogens is 2. The monoisotopic (exact) mass is 383 g/mol. The molecule has 142 valence electrons. The lowest BCUT2D eigenvalue weighted by Crippen LogP contribution is -2.22.